The molecule has 0 radical (unpaired) electrons. The van der Waals surface area contributed by atoms with Gasteiger partial charge < -0.3 is 4.57 Å². The number of halogens is 2. The second kappa shape index (κ2) is 10.0. The molecular formula is C20H19BrClN5OS. The molecule has 9 heteroatoms. The van der Waals surface area contributed by atoms with Gasteiger partial charge in [-0.2, -0.15) is 5.10 Å². The van der Waals surface area contributed by atoms with E-state index in [0.717, 1.165) is 27.1 Å². The largest absolute Gasteiger partial charge is 0.302 e. The van der Waals surface area contributed by atoms with Crippen LogP contribution in [0.3, 0.4) is 0 Å². The van der Waals surface area contributed by atoms with Gasteiger partial charge in [0, 0.05) is 21.6 Å². The molecule has 0 aliphatic rings. The van der Waals surface area contributed by atoms with Crippen LogP contribution in [-0.4, -0.2) is 32.1 Å². The first-order chi connectivity index (χ1) is 14.0. The molecule has 0 atom stereocenters. The van der Waals surface area contributed by atoms with E-state index in [2.05, 4.69) is 36.7 Å². The van der Waals surface area contributed by atoms with Crippen LogP contribution in [0, 0.1) is 0 Å². The fraction of sp³-hybridized carbons (Fsp3) is 0.200. The highest BCUT2D eigenvalue weighted by Crippen LogP contribution is 2.25. The van der Waals surface area contributed by atoms with E-state index >= 15 is 0 Å². The van der Waals surface area contributed by atoms with Crippen molar-refractivity contribution in [1.82, 2.24) is 20.2 Å². The molecule has 1 amide bonds. The molecule has 0 aliphatic heterocycles. The molecule has 2 aromatic carbocycles. The summed E-state index contributed by atoms with van der Waals surface area (Å²) in [5, 5.41) is 14.0. The first-order valence-corrected chi connectivity index (χ1v) is 11.0. The molecule has 0 aliphatic carbocycles. The molecule has 6 nitrogen and oxygen atoms in total. The topological polar surface area (TPSA) is 72.2 Å². The Morgan fingerprint density at radius 3 is 2.52 bits per heavy atom. The van der Waals surface area contributed by atoms with Gasteiger partial charge in [0.1, 0.15) is 0 Å². The SMILES string of the molecule is CCn1c(SCC(=O)N/N=C(/C)c2ccc(Br)cc2)nnc1-c1ccc(Cl)cc1. The van der Waals surface area contributed by atoms with E-state index in [9.17, 15) is 4.79 Å². The number of carbonyl (C=O) groups excluding carboxylic acids is 1. The summed E-state index contributed by atoms with van der Waals surface area (Å²) in [5.74, 6) is 0.733. The lowest BCUT2D eigenvalue weighted by atomic mass is 10.1. The van der Waals surface area contributed by atoms with Gasteiger partial charge in [-0.25, -0.2) is 5.43 Å². The van der Waals surface area contributed by atoms with Gasteiger partial charge in [-0.1, -0.05) is 51.4 Å². The van der Waals surface area contributed by atoms with E-state index in [1.54, 1.807) is 0 Å². The molecule has 3 aromatic rings. The normalized spacial score (nSPS) is 11.5. The minimum Gasteiger partial charge on any atom is -0.302 e. The Morgan fingerprint density at radius 1 is 1.17 bits per heavy atom. The van der Waals surface area contributed by atoms with Gasteiger partial charge in [-0.05, 0) is 55.8 Å². The molecule has 0 spiro atoms. The fourth-order valence-electron chi connectivity index (χ4n) is 2.56. The van der Waals surface area contributed by atoms with Crippen LogP contribution >= 0.6 is 39.3 Å². The van der Waals surface area contributed by atoms with Gasteiger partial charge in [-0.15, -0.1) is 10.2 Å². The van der Waals surface area contributed by atoms with Gasteiger partial charge >= 0.3 is 0 Å². The summed E-state index contributed by atoms with van der Waals surface area (Å²) in [5.41, 5.74) is 5.20. The Kier molecular flexibility index (Phi) is 7.46. The zero-order valence-corrected chi connectivity index (χ0v) is 19.1. The summed E-state index contributed by atoms with van der Waals surface area (Å²) in [7, 11) is 0. The van der Waals surface area contributed by atoms with E-state index in [4.69, 9.17) is 11.6 Å². The third kappa shape index (κ3) is 5.68. The smallest absolute Gasteiger partial charge is 0.250 e. The monoisotopic (exact) mass is 491 g/mol. The molecule has 150 valence electrons. The maximum Gasteiger partial charge on any atom is 0.250 e. The van der Waals surface area contributed by atoms with E-state index in [-0.39, 0.29) is 11.7 Å². The zero-order chi connectivity index (χ0) is 20.8. The van der Waals surface area contributed by atoms with Gasteiger partial charge in [0.25, 0.3) is 5.91 Å². The molecule has 0 saturated carbocycles. The number of nitrogens with one attached hydrogen (secondary N) is 1. The minimum absolute atomic E-state index is 0.190. The predicted molar refractivity (Wildman–Crippen MR) is 121 cm³/mol. The van der Waals surface area contributed by atoms with Crippen LogP contribution in [0.15, 0.2) is 63.3 Å². The van der Waals surface area contributed by atoms with Crippen molar-refractivity contribution >= 4 is 50.9 Å². The molecule has 1 aromatic heterocycles. The minimum atomic E-state index is -0.204. The average molecular weight is 493 g/mol. The second-order valence-electron chi connectivity index (χ2n) is 6.09. The summed E-state index contributed by atoms with van der Waals surface area (Å²) in [6, 6.07) is 15.2. The van der Waals surface area contributed by atoms with Crippen LogP contribution < -0.4 is 5.43 Å². The Bertz CT molecular complexity index is 1020. The van der Waals surface area contributed by atoms with Gasteiger partial charge in [-0.3, -0.25) is 4.79 Å². The highest BCUT2D eigenvalue weighted by Gasteiger charge is 2.14. The Labute approximate surface area is 186 Å². The van der Waals surface area contributed by atoms with Crippen LogP contribution in [0.4, 0.5) is 0 Å². The molecule has 0 fully saturated rings. The molecule has 0 unspecified atom stereocenters. The van der Waals surface area contributed by atoms with Crippen molar-refractivity contribution < 1.29 is 4.79 Å². The van der Waals surface area contributed by atoms with E-state index in [1.807, 2.05) is 66.9 Å². The van der Waals surface area contributed by atoms with Crippen LogP contribution in [0.2, 0.25) is 5.02 Å². The third-order valence-corrected chi connectivity index (χ3v) is 5.83. The third-order valence-electron chi connectivity index (χ3n) is 4.08. The van der Waals surface area contributed by atoms with Crippen molar-refractivity contribution in [2.24, 2.45) is 5.10 Å². The number of carbonyl (C=O) groups is 1. The standard InChI is InChI=1S/C20H19BrClN5OS/c1-3-27-19(15-6-10-17(22)11-7-15)25-26-20(27)29-12-18(28)24-23-13(2)14-4-8-16(21)9-5-14/h4-11H,3,12H2,1-2H3,(H,24,28)/b23-13-. The van der Waals surface area contributed by atoms with Gasteiger partial charge in [0.05, 0.1) is 11.5 Å². The van der Waals surface area contributed by atoms with Crippen LogP contribution in [-0.2, 0) is 11.3 Å². The quantitative estimate of drug-likeness (QED) is 0.286. The number of rotatable bonds is 7. The van der Waals surface area contributed by atoms with Crippen LogP contribution in [0.25, 0.3) is 11.4 Å². The Morgan fingerprint density at radius 2 is 1.86 bits per heavy atom. The number of hydrogen-bond acceptors (Lipinski definition) is 5. The summed E-state index contributed by atoms with van der Waals surface area (Å²) in [6.07, 6.45) is 0. The molecule has 3 rings (SSSR count). The lowest BCUT2D eigenvalue weighted by molar-refractivity contribution is -0.118. The fourth-order valence-corrected chi connectivity index (χ4v) is 3.74. The molecule has 0 bridgehead atoms. The summed E-state index contributed by atoms with van der Waals surface area (Å²) in [4.78, 5) is 12.2. The number of nitrogens with zero attached hydrogens (tertiary/aromatic N) is 4. The zero-order valence-electron chi connectivity index (χ0n) is 15.9. The first-order valence-electron chi connectivity index (χ1n) is 8.89. The summed E-state index contributed by atoms with van der Waals surface area (Å²) in [6.45, 7) is 4.55. The number of hydrogen-bond donors (Lipinski definition) is 1. The molecular weight excluding hydrogens is 474 g/mol. The molecule has 29 heavy (non-hydrogen) atoms. The van der Waals surface area contributed by atoms with Gasteiger partial charge in [0.2, 0.25) is 0 Å². The highest BCUT2D eigenvalue weighted by atomic mass is 79.9. The van der Waals surface area contributed by atoms with Crippen molar-refractivity contribution in [2.75, 3.05) is 5.75 Å². The number of benzene rings is 2. The summed E-state index contributed by atoms with van der Waals surface area (Å²) < 4.78 is 2.96. The lowest BCUT2D eigenvalue weighted by Crippen LogP contribution is -2.21. The number of thioether (sulfide) groups is 1. The van der Waals surface area contributed by atoms with Crippen molar-refractivity contribution in [3.63, 3.8) is 0 Å². The van der Waals surface area contributed by atoms with Crippen LogP contribution in [0.5, 0.6) is 0 Å². The van der Waals surface area contributed by atoms with Crippen molar-refractivity contribution in [3.05, 3.63) is 63.6 Å². The van der Waals surface area contributed by atoms with Gasteiger partial charge in [0.15, 0.2) is 11.0 Å². The Hall–Kier alpha value is -2.16. The molecule has 0 saturated heterocycles. The summed E-state index contributed by atoms with van der Waals surface area (Å²) >= 11 is 10.7. The number of aromatic nitrogens is 3. The second-order valence-corrected chi connectivity index (χ2v) is 8.38. The lowest BCUT2D eigenvalue weighted by Gasteiger charge is -2.07. The van der Waals surface area contributed by atoms with E-state index < -0.39 is 0 Å². The van der Waals surface area contributed by atoms with E-state index in [0.29, 0.717) is 16.7 Å². The first kappa shape index (κ1) is 21.5. The van der Waals surface area contributed by atoms with E-state index in [1.165, 1.54) is 11.8 Å². The average Bonchev–Trinajstić information content (AvgIpc) is 3.14. The number of amides is 1. The number of hydrazone groups is 1. The van der Waals surface area contributed by atoms with Crippen LogP contribution in [0.1, 0.15) is 19.4 Å². The predicted octanol–water partition coefficient (Wildman–Crippen LogP) is 5.01. The Balaban J connectivity index is 1.62. The maximum atomic E-state index is 12.2. The van der Waals surface area contributed by atoms with Crippen molar-refractivity contribution in [3.8, 4) is 11.4 Å². The highest BCUT2D eigenvalue weighted by molar-refractivity contribution is 9.10. The van der Waals surface area contributed by atoms with Crippen molar-refractivity contribution in [2.45, 2.75) is 25.5 Å². The molecule has 1 heterocycles. The molecule has 1 N–H and O–H groups in total. The van der Waals surface area contributed by atoms with Crippen molar-refractivity contribution in [1.29, 1.82) is 0 Å². The maximum absolute atomic E-state index is 12.2.